The molecule has 180 valence electrons. The molecule has 0 atom stereocenters. The van der Waals surface area contributed by atoms with Gasteiger partial charge < -0.3 is 10.2 Å². The summed E-state index contributed by atoms with van der Waals surface area (Å²) in [4.78, 5) is 29.5. The van der Waals surface area contributed by atoms with Gasteiger partial charge in [-0.3, -0.25) is 14.5 Å². The quantitative estimate of drug-likeness (QED) is 0.567. The number of piperidine rings is 1. The van der Waals surface area contributed by atoms with Crippen LogP contribution >= 0.6 is 11.6 Å². The summed E-state index contributed by atoms with van der Waals surface area (Å²) in [6, 6.07) is 19.3. The molecule has 0 bridgehead atoms. The molecule has 5 rings (SSSR count). The van der Waals surface area contributed by atoms with E-state index in [1.54, 1.807) is 23.2 Å². The summed E-state index contributed by atoms with van der Waals surface area (Å²) in [5.74, 6) is 1.04. The van der Waals surface area contributed by atoms with E-state index in [0.29, 0.717) is 36.3 Å². The summed E-state index contributed by atoms with van der Waals surface area (Å²) in [7, 11) is 0. The van der Waals surface area contributed by atoms with Crippen LogP contribution in [0.5, 0.6) is 0 Å². The third-order valence-electron chi connectivity index (χ3n) is 6.85. The normalized spacial score (nSPS) is 16.5. The fourth-order valence-electron chi connectivity index (χ4n) is 4.72. The van der Waals surface area contributed by atoms with Crippen molar-refractivity contribution in [3.63, 3.8) is 0 Å². The number of nitrogens with one attached hydrogen (secondary N) is 1. The van der Waals surface area contributed by atoms with E-state index in [2.05, 4.69) is 27.6 Å². The van der Waals surface area contributed by atoms with Crippen LogP contribution in [0, 0.1) is 5.92 Å². The smallest absolute Gasteiger partial charge is 0.238 e. The topological polar surface area (TPSA) is 78.4 Å². The minimum Gasteiger partial charge on any atom is -0.342 e. The van der Waals surface area contributed by atoms with Crippen molar-refractivity contribution in [3.05, 3.63) is 83.0 Å². The number of benzene rings is 2. The van der Waals surface area contributed by atoms with Crippen LogP contribution < -0.4 is 10.2 Å². The van der Waals surface area contributed by atoms with Gasteiger partial charge >= 0.3 is 0 Å². The average Bonchev–Trinajstić information content (AvgIpc) is 2.84. The third-order valence-corrected chi connectivity index (χ3v) is 7.09. The van der Waals surface area contributed by atoms with Crippen molar-refractivity contribution in [1.29, 1.82) is 0 Å². The molecule has 35 heavy (non-hydrogen) atoms. The van der Waals surface area contributed by atoms with Crippen molar-refractivity contribution in [3.8, 4) is 0 Å². The lowest BCUT2D eigenvalue weighted by Crippen LogP contribution is -2.51. The largest absolute Gasteiger partial charge is 0.342 e. The molecule has 3 heterocycles. The molecule has 1 N–H and O–H groups in total. The van der Waals surface area contributed by atoms with Crippen molar-refractivity contribution in [2.75, 3.05) is 31.1 Å². The van der Waals surface area contributed by atoms with Gasteiger partial charge in [-0.2, -0.15) is 5.10 Å². The molecule has 2 aliphatic heterocycles. The molecule has 2 aromatic carbocycles. The Hall–Kier alpha value is -3.29. The Morgan fingerprint density at radius 3 is 2.43 bits per heavy atom. The molecule has 0 unspecified atom stereocenters. The fraction of sp³-hybridized carbons (Fsp3) is 0.333. The molecule has 8 heteroatoms. The first-order valence-corrected chi connectivity index (χ1v) is 12.4. The van der Waals surface area contributed by atoms with E-state index >= 15 is 0 Å². The second-order valence-corrected chi connectivity index (χ2v) is 9.60. The van der Waals surface area contributed by atoms with E-state index in [-0.39, 0.29) is 17.7 Å². The Balaban J connectivity index is 1.23. The van der Waals surface area contributed by atoms with Crippen LogP contribution in [-0.2, 0) is 16.0 Å². The van der Waals surface area contributed by atoms with Gasteiger partial charge in [0.1, 0.15) is 0 Å². The molecule has 0 spiro atoms. The maximum absolute atomic E-state index is 13.1. The van der Waals surface area contributed by atoms with Crippen molar-refractivity contribution >= 4 is 34.9 Å². The number of halogens is 1. The molecule has 2 fully saturated rings. The summed E-state index contributed by atoms with van der Waals surface area (Å²) in [6.07, 6.45) is 3.82. The Morgan fingerprint density at radius 2 is 1.80 bits per heavy atom. The van der Waals surface area contributed by atoms with E-state index in [1.165, 1.54) is 5.56 Å². The lowest BCUT2D eigenvalue weighted by atomic mass is 9.89. The number of rotatable bonds is 6. The van der Waals surface area contributed by atoms with E-state index in [0.717, 1.165) is 37.2 Å². The van der Waals surface area contributed by atoms with Crippen LogP contribution in [0.1, 0.15) is 29.9 Å². The summed E-state index contributed by atoms with van der Waals surface area (Å²) in [6.45, 7) is 2.85. The number of carbonyl (C=O) groups is 2. The molecule has 0 radical (unpaired) electrons. The van der Waals surface area contributed by atoms with Crippen molar-refractivity contribution < 1.29 is 9.59 Å². The molecular formula is C27H28ClN5O2. The number of anilines is 2. The summed E-state index contributed by atoms with van der Waals surface area (Å²) < 4.78 is 0. The predicted octanol–water partition coefficient (Wildman–Crippen LogP) is 3.96. The fourth-order valence-corrected chi connectivity index (χ4v) is 4.93. The first-order valence-electron chi connectivity index (χ1n) is 12.0. The van der Waals surface area contributed by atoms with Crippen LogP contribution in [0.15, 0.2) is 66.9 Å². The van der Waals surface area contributed by atoms with Crippen LogP contribution in [0.2, 0.25) is 5.02 Å². The molecule has 3 aromatic rings. The zero-order valence-electron chi connectivity index (χ0n) is 19.4. The molecule has 7 nitrogen and oxygen atoms in total. The zero-order chi connectivity index (χ0) is 24.2. The molecule has 2 saturated heterocycles. The van der Waals surface area contributed by atoms with Crippen LogP contribution in [-0.4, -0.2) is 53.1 Å². The predicted molar refractivity (Wildman–Crippen MR) is 136 cm³/mol. The zero-order valence-corrected chi connectivity index (χ0v) is 20.2. The Kier molecular flexibility index (Phi) is 7.06. The van der Waals surface area contributed by atoms with Gasteiger partial charge in [-0.15, -0.1) is 5.10 Å². The van der Waals surface area contributed by atoms with Gasteiger partial charge in [0.05, 0.1) is 18.0 Å². The number of hydrogen-bond donors (Lipinski definition) is 1. The Morgan fingerprint density at radius 1 is 1.03 bits per heavy atom. The third kappa shape index (κ3) is 5.36. The number of hydrogen-bond acceptors (Lipinski definition) is 5. The highest BCUT2D eigenvalue weighted by molar-refractivity contribution is 6.30. The maximum atomic E-state index is 13.1. The van der Waals surface area contributed by atoms with Crippen LogP contribution in [0.4, 0.5) is 11.5 Å². The highest BCUT2D eigenvalue weighted by Gasteiger charge is 2.32. The molecule has 0 saturated carbocycles. The second-order valence-electron chi connectivity index (χ2n) is 9.16. The first kappa shape index (κ1) is 23.5. The Bertz CT molecular complexity index is 1180. The number of carbonyl (C=O) groups excluding carboxylic acids is 2. The summed E-state index contributed by atoms with van der Waals surface area (Å²) in [5.41, 5.74) is 2.97. The Labute approximate surface area is 210 Å². The number of nitrogens with zero attached hydrogens (tertiary/aromatic N) is 4. The van der Waals surface area contributed by atoms with Gasteiger partial charge in [-0.25, -0.2) is 0 Å². The van der Waals surface area contributed by atoms with Gasteiger partial charge in [0.15, 0.2) is 5.82 Å². The molecule has 1 aromatic heterocycles. The van der Waals surface area contributed by atoms with Gasteiger partial charge in [0.25, 0.3) is 0 Å². The summed E-state index contributed by atoms with van der Waals surface area (Å²) in [5, 5.41) is 12.0. The molecule has 0 aliphatic carbocycles. The van der Waals surface area contributed by atoms with E-state index in [9.17, 15) is 9.59 Å². The minimum absolute atomic E-state index is 0.0310. The minimum atomic E-state index is -0.0505. The number of likely N-dealkylation sites (tertiary alicyclic amines) is 1. The van der Waals surface area contributed by atoms with Gasteiger partial charge in [0.2, 0.25) is 11.8 Å². The number of amides is 2. The average molecular weight is 490 g/mol. The van der Waals surface area contributed by atoms with Crippen molar-refractivity contribution in [2.24, 2.45) is 5.92 Å². The van der Waals surface area contributed by atoms with Gasteiger partial charge in [0, 0.05) is 37.4 Å². The molecule has 2 aliphatic rings. The van der Waals surface area contributed by atoms with Crippen LogP contribution in [0.25, 0.3) is 0 Å². The van der Waals surface area contributed by atoms with Crippen LogP contribution in [0.3, 0.4) is 0 Å². The SMILES string of the molecule is O=C(Cc1cccc(Cl)c1)N1CCC(c2ccc(N(C(=O)C3CNC3)c3cccnn3)cc2)CC1. The maximum Gasteiger partial charge on any atom is 0.238 e. The van der Waals surface area contributed by atoms with Gasteiger partial charge in [-0.1, -0.05) is 35.9 Å². The highest BCUT2D eigenvalue weighted by atomic mass is 35.5. The van der Waals surface area contributed by atoms with Crippen molar-refractivity contribution in [1.82, 2.24) is 20.4 Å². The summed E-state index contributed by atoms with van der Waals surface area (Å²) >= 11 is 6.05. The first-order chi connectivity index (χ1) is 17.1. The standard InChI is InChI=1S/C27H28ClN5O2/c28-23-4-1-3-19(15-23)16-26(34)32-13-10-21(11-14-32)20-6-8-24(9-7-20)33(25-5-2-12-30-31-25)27(35)22-17-29-18-22/h1-9,12,15,21-22,29H,10-11,13-14,16-18H2. The molecule has 2 amide bonds. The van der Waals surface area contributed by atoms with Gasteiger partial charge in [-0.05, 0) is 66.3 Å². The van der Waals surface area contributed by atoms with E-state index in [1.807, 2.05) is 41.3 Å². The lowest BCUT2D eigenvalue weighted by molar-refractivity contribution is -0.131. The second kappa shape index (κ2) is 10.5. The van der Waals surface area contributed by atoms with Crippen molar-refractivity contribution in [2.45, 2.75) is 25.2 Å². The molecular weight excluding hydrogens is 462 g/mol. The lowest BCUT2D eigenvalue weighted by Gasteiger charge is -2.33. The monoisotopic (exact) mass is 489 g/mol. The number of aromatic nitrogens is 2. The van der Waals surface area contributed by atoms with E-state index < -0.39 is 0 Å². The highest BCUT2D eigenvalue weighted by Crippen LogP contribution is 2.32. The van der Waals surface area contributed by atoms with E-state index in [4.69, 9.17) is 11.6 Å².